The quantitative estimate of drug-likeness (QED) is 0.598. The van der Waals surface area contributed by atoms with Crippen molar-refractivity contribution in [3.63, 3.8) is 0 Å². The van der Waals surface area contributed by atoms with E-state index in [9.17, 15) is 13.2 Å². The Morgan fingerprint density at radius 3 is 2.71 bits per heavy atom. The predicted molar refractivity (Wildman–Crippen MR) is 89.2 cm³/mol. The number of halogens is 4. The van der Waals surface area contributed by atoms with E-state index in [0.717, 1.165) is 36.3 Å². The molecule has 24 heavy (non-hydrogen) atoms. The summed E-state index contributed by atoms with van der Waals surface area (Å²) in [5.74, 6) is 0.334. The molecule has 0 unspecified atom stereocenters. The molecule has 0 fully saturated rings. The number of fused-ring (bicyclic) bond motifs is 3. The van der Waals surface area contributed by atoms with Crippen LogP contribution in [0.5, 0.6) is 0 Å². The molecule has 1 aliphatic carbocycles. The highest BCUT2D eigenvalue weighted by molar-refractivity contribution is 7.19. The molecule has 1 aromatic carbocycles. The van der Waals surface area contributed by atoms with Crippen molar-refractivity contribution in [1.82, 2.24) is 9.97 Å². The van der Waals surface area contributed by atoms with Crippen LogP contribution in [0, 0.1) is 0 Å². The Labute approximate surface area is 144 Å². The molecule has 0 spiro atoms. The van der Waals surface area contributed by atoms with Crippen LogP contribution in [0.1, 0.15) is 22.4 Å². The van der Waals surface area contributed by atoms with Gasteiger partial charge in [0.15, 0.2) is 0 Å². The lowest BCUT2D eigenvalue weighted by Crippen LogP contribution is -2.09. The molecule has 4 rings (SSSR count). The zero-order valence-electron chi connectivity index (χ0n) is 12.2. The van der Waals surface area contributed by atoms with Crippen LogP contribution in [0.2, 0.25) is 5.28 Å². The summed E-state index contributed by atoms with van der Waals surface area (Å²) in [4.78, 5) is 10.3. The van der Waals surface area contributed by atoms with Gasteiger partial charge in [0, 0.05) is 4.88 Å². The first-order valence-corrected chi connectivity index (χ1v) is 8.54. The fourth-order valence-corrected chi connectivity index (χ4v) is 4.51. The molecular weight excluding hydrogens is 359 g/mol. The molecule has 3 aromatic rings. The third-order valence-corrected chi connectivity index (χ3v) is 5.38. The zero-order chi connectivity index (χ0) is 16.9. The third-order valence-electron chi connectivity index (χ3n) is 4.02. The van der Waals surface area contributed by atoms with Gasteiger partial charge in [0.1, 0.15) is 10.6 Å². The van der Waals surface area contributed by atoms with Crippen molar-refractivity contribution in [3.05, 3.63) is 45.6 Å². The Kier molecular flexibility index (Phi) is 3.65. The second-order valence-corrected chi connectivity index (χ2v) is 6.97. The minimum absolute atomic E-state index is 0.0226. The van der Waals surface area contributed by atoms with Crippen LogP contribution >= 0.6 is 22.9 Å². The summed E-state index contributed by atoms with van der Waals surface area (Å²) in [5, 5.41) is 3.64. The normalized spacial score (nSPS) is 14.2. The number of aromatic nitrogens is 2. The highest BCUT2D eigenvalue weighted by Crippen LogP contribution is 2.42. The molecule has 1 aliphatic rings. The molecule has 124 valence electrons. The van der Waals surface area contributed by atoms with Crippen LogP contribution in [0.4, 0.5) is 24.7 Å². The van der Waals surface area contributed by atoms with Crippen molar-refractivity contribution < 1.29 is 13.2 Å². The molecule has 0 aliphatic heterocycles. The molecule has 0 atom stereocenters. The van der Waals surface area contributed by atoms with E-state index in [1.54, 1.807) is 6.07 Å². The highest BCUT2D eigenvalue weighted by Gasteiger charge is 2.33. The number of nitrogens with one attached hydrogen (secondary N) is 1. The number of thiophene rings is 1. The summed E-state index contributed by atoms with van der Waals surface area (Å²) in [7, 11) is 0. The van der Waals surface area contributed by atoms with Gasteiger partial charge in [-0.25, -0.2) is 4.98 Å². The predicted octanol–water partition coefficient (Wildman–Crippen LogP) is 5.60. The van der Waals surface area contributed by atoms with Crippen LogP contribution in [-0.4, -0.2) is 9.97 Å². The molecule has 2 aromatic heterocycles. The van der Waals surface area contributed by atoms with Gasteiger partial charge in [-0.05, 0) is 48.6 Å². The van der Waals surface area contributed by atoms with E-state index < -0.39 is 11.7 Å². The molecule has 0 saturated carbocycles. The van der Waals surface area contributed by atoms with Crippen molar-refractivity contribution in [1.29, 1.82) is 0 Å². The van der Waals surface area contributed by atoms with Gasteiger partial charge in [0.2, 0.25) is 5.28 Å². The lowest BCUT2D eigenvalue weighted by Gasteiger charge is -2.14. The van der Waals surface area contributed by atoms with Crippen LogP contribution in [0.15, 0.2) is 24.3 Å². The van der Waals surface area contributed by atoms with Gasteiger partial charge in [-0.3, -0.25) is 0 Å². The second-order valence-electron chi connectivity index (χ2n) is 5.55. The van der Waals surface area contributed by atoms with Crippen LogP contribution in [0.3, 0.4) is 0 Å². The Bertz CT molecular complexity index is 936. The van der Waals surface area contributed by atoms with E-state index in [0.29, 0.717) is 10.6 Å². The topological polar surface area (TPSA) is 37.8 Å². The number of para-hydroxylation sites is 1. The maximum atomic E-state index is 13.2. The van der Waals surface area contributed by atoms with Crippen molar-refractivity contribution in [2.75, 3.05) is 5.32 Å². The number of rotatable bonds is 2. The van der Waals surface area contributed by atoms with Gasteiger partial charge in [-0.2, -0.15) is 18.2 Å². The number of hydrogen-bond donors (Lipinski definition) is 1. The Balaban J connectivity index is 1.87. The van der Waals surface area contributed by atoms with E-state index in [2.05, 4.69) is 15.3 Å². The third kappa shape index (κ3) is 2.61. The molecule has 0 saturated heterocycles. The number of alkyl halides is 3. The van der Waals surface area contributed by atoms with Crippen molar-refractivity contribution in [2.45, 2.75) is 25.4 Å². The minimum Gasteiger partial charge on any atom is -0.339 e. The molecule has 2 heterocycles. The first-order valence-electron chi connectivity index (χ1n) is 7.34. The van der Waals surface area contributed by atoms with E-state index in [1.165, 1.54) is 28.3 Å². The maximum Gasteiger partial charge on any atom is 0.418 e. The largest absolute Gasteiger partial charge is 0.418 e. The van der Waals surface area contributed by atoms with Crippen LogP contribution in [0.25, 0.3) is 10.2 Å². The fraction of sp³-hybridized carbons (Fsp3) is 0.250. The fourth-order valence-electron chi connectivity index (χ4n) is 3.03. The molecule has 1 N–H and O–H groups in total. The zero-order valence-corrected chi connectivity index (χ0v) is 13.8. The molecule has 8 heteroatoms. The second kappa shape index (κ2) is 5.60. The first kappa shape index (κ1) is 15.7. The van der Waals surface area contributed by atoms with Gasteiger partial charge in [-0.1, -0.05) is 12.1 Å². The summed E-state index contributed by atoms with van der Waals surface area (Å²) in [6, 6.07) is 5.34. The van der Waals surface area contributed by atoms with Crippen molar-refractivity contribution in [3.8, 4) is 0 Å². The molecule has 0 bridgehead atoms. The number of nitrogens with zero attached hydrogens (tertiary/aromatic N) is 2. The van der Waals surface area contributed by atoms with Gasteiger partial charge in [-0.15, -0.1) is 11.3 Å². The highest BCUT2D eigenvalue weighted by atomic mass is 35.5. The van der Waals surface area contributed by atoms with E-state index in [4.69, 9.17) is 11.6 Å². The standard InChI is InChI=1S/C16H11ClF3N3S/c17-15-22-13(12-8-4-3-7-11(8)24-14(12)23-15)21-10-6-2-1-5-9(10)16(18,19)20/h1-2,5-6H,3-4,7H2,(H,21,22,23). The summed E-state index contributed by atoms with van der Waals surface area (Å²) in [6.45, 7) is 0. The summed E-state index contributed by atoms with van der Waals surface area (Å²) < 4.78 is 39.6. The van der Waals surface area contributed by atoms with E-state index in [-0.39, 0.29) is 11.0 Å². The van der Waals surface area contributed by atoms with Crippen LogP contribution in [-0.2, 0) is 19.0 Å². The maximum absolute atomic E-state index is 13.2. The average Bonchev–Trinajstić information content (AvgIpc) is 3.06. The lowest BCUT2D eigenvalue weighted by molar-refractivity contribution is -0.136. The first-order chi connectivity index (χ1) is 11.4. The van der Waals surface area contributed by atoms with Gasteiger partial charge < -0.3 is 5.32 Å². The van der Waals surface area contributed by atoms with Gasteiger partial charge in [0.25, 0.3) is 0 Å². The van der Waals surface area contributed by atoms with E-state index in [1.807, 2.05) is 0 Å². The number of hydrogen-bond acceptors (Lipinski definition) is 4. The Morgan fingerprint density at radius 2 is 1.92 bits per heavy atom. The summed E-state index contributed by atoms with van der Waals surface area (Å²) >= 11 is 7.50. The van der Waals surface area contributed by atoms with E-state index >= 15 is 0 Å². The van der Waals surface area contributed by atoms with Crippen molar-refractivity contribution >= 4 is 44.7 Å². The summed E-state index contributed by atoms with van der Waals surface area (Å²) in [5.41, 5.74) is 0.345. The Hall–Kier alpha value is -1.86. The molecule has 0 amide bonds. The molecule has 0 radical (unpaired) electrons. The van der Waals surface area contributed by atoms with Crippen molar-refractivity contribution in [2.24, 2.45) is 0 Å². The molecule has 3 nitrogen and oxygen atoms in total. The molecular formula is C16H11ClF3N3S. The number of anilines is 2. The Morgan fingerprint density at radius 1 is 1.12 bits per heavy atom. The average molecular weight is 370 g/mol. The SMILES string of the molecule is FC(F)(F)c1ccccc1Nc1nc(Cl)nc2sc3c(c12)CCC3. The van der Waals surface area contributed by atoms with Gasteiger partial charge >= 0.3 is 6.18 Å². The smallest absolute Gasteiger partial charge is 0.339 e. The lowest BCUT2D eigenvalue weighted by atomic mass is 10.1. The van der Waals surface area contributed by atoms with Crippen LogP contribution < -0.4 is 5.32 Å². The minimum atomic E-state index is -4.45. The number of benzene rings is 1. The monoisotopic (exact) mass is 369 g/mol. The summed E-state index contributed by atoms with van der Waals surface area (Å²) in [6.07, 6.45) is -1.56. The van der Waals surface area contributed by atoms with Gasteiger partial charge in [0.05, 0.1) is 16.6 Å². The number of aryl methyl sites for hydroxylation is 2.